The average Bonchev–Trinajstić information content (AvgIpc) is 2.36. The predicted molar refractivity (Wildman–Crippen MR) is 52.3 cm³/mol. The van der Waals surface area contributed by atoms with Gasteiger partial charge >= 0.3 is 0 Å². The molecule has 1 aromatic heterocycles. The Morgan fingerprint density at radius 1 is 1.62 bits per heavy atom. The second-order valence-electron chi connectivity index (χ2n) is 3.60. The molecule has 1 heterocycles. The summed E-state index contributed by atoms with van der Waals surface area (Å²) >= 11 is 0. The van der Waals surface area contributed by atoms with E-state index in [0.29, 0.717) is 18.2 Å². The lowest BCUT2D eigenvalue weighted by Crippen LogP contribution is -2.10. The standard InChI is InChI=1S/C9H17N3O/c1-7(2)6-12-9(10)8(3-4-13)5-11-12/h5,7,13H,3-4,6,10H2,1-2H3. The number of rotatable bonds is 4. The van der Waals surface area contributed by atoms with E-state index in [9.17, 15) is 0 Å². The molecule has 13 heavy (non-hydrogen) atoms. The molecule has 0 aliphatic carbocycles. The molecule has 3 N–H and O–H groups in total. The lowest BCUT2D eigenvalue weighted by atomic mass is 10.2. The smallest absolute Gasteiger partial charge is 0.124 e. The zero-order chi connectivity index (χ0) is 9.84. The summed E-state index contributed by atoms with van der Waals surface area (Å²) in [5, 5.41) is 12.9. The summed E-state index contributed by atoms with van der Waals surface area (Å²) in [4.78, 5) is 0. The molecule has 0 amide bonds. The van der Waals surface area contributed by atoms with E-state index in [0.717, 1.165) is 12.1 Å². The zero-order valence-electron chi connectivity index (χ0n) is 8.20. The van der Waals surface area contributed by atoms with Gasteiger partial charge < -0.3 is 10.8 Å². The van der Waals surface area contributed by atoms with E-state index >= 15 is 0 Å². The largest absolute Gasteiger partial charge is 0.396 e. The number of hydrogen-bond donors (Lipinski definition) is 2. The first-order valence-corrected chi connectivity index (χ1v) is 4.56. The lowest BCUT2D eigenvalue weighted by molar-refractivity contribution is 0.300. The zero-order valence-corrected chi connectivity index (χ0v) is 8.20. The van der Waals surface area contributed by atoms with Gasteiger partial charge in [-0.05, 0) is 5.92 Å². The van der Waals surface area contributed by atoms with Crippen LogP contribution in [0.15, 0.2) is 6.20 Å². The van der Waals surface area contributed by atoms with Crippen molar-refractivity contribution in [2.45, 2.75) is 26.8 Å². The summed E-state index contributed by atoms with van der Waals surface area (Å²) < 4.78 is 1.79. The first-order valence-electron chi connectivity index (χ1n) is 4.56. The van der Waals surface area contributed by atoms with Gasteiger partial charge in [0.15, 0.2) is 0 Å². The van der Waals surface area contributed by atoms with Crippen LogP contribution in [0, 0.1) is 5.92 Å². The molecule has 0 aromatic carbocycles. The van der Waals surface area contributed by atoms with Crippen LogP contribution >= 0.6 is 0 Å². The van der Waals surface area contributed by atoms with Crippen LogP contribution in [-0.2, 0) is 13.0 Å². The van der Waals surface area contributed by atoms with E-state index in [4.69, 9.17) is 10.8 Å². The van der Waals surface area contributed by atoms with E-state index in [1.165, 1.54) is 0 Å². The summed E-state index contributed by atoms with van der Waals surface area (Å²) in [6.07, 6.45) is 2.32. The minimum absolute atomic E-state index is 0.123. The first-order chi connectivity index (χ1) is 6.15. The molecule has 0 fully saturated rings. The van der Waals surface area contributed by atoms with E-state index in [1.807, 2.05) is 0 Å². The Morgan fingerprint density at radius 2 is 2.31 bits per heavy atom. The van der Waals surface area contributed by atoms with Crippen LogP contribution in [0.3, 0.4) is 0 Å². The molecule has 0 atom stereocenters. The van der Waals surface area contributed by atoms with Gasteiger partial charge in [0.05, 0.1) is 6.20 Å². The number of nitrogens with zero attached hydrogens (tertiary/aromatic N) is 2. The van der Waals surface area contributed by atoms with Crippen LogP contribution in [0.2, 0.25) is 0 Å². The molecule has 74 valence electrons. The second-order valence-corrected chi connectivity index (χ2v) is 3.60. The van der Waals surface area contributed by atoms with Gasteiger partial charge in [-0.25, -0.2) is 4.68 Å². The Labute approximate surface area is 78.4 Å². The molecule has 0 saturated carbocycles. The van der Waals surface area contributed by atoms with E-state index in [-0.39, 0.29) is 6.61 Å². The van der Waals surface area contributed by atoms with Crippen LogP contribution in [0.5, 0.6) is 0 Å². The number of aliphatic hydroxyl groups excluding tert-OH is 1. The van der Waals surface area contributed by atoms with Crippen molar-refractivity contribution in [1.29, 1.82) is 0 Å². The maximum Gasteiger partial charge on any atom is 0.124 e. The highest BCUT2D eigenvalue weighted by molar-refractivity contribution is 5.38. The van der Waals surface area contributed by atoms with Gasteiger partial charge in [0, 0.05) is 25.1 Å². The quantitative estimate of drug-likeness (QED) is 0.720. The summed E-state index contributed by atoms with van der Waals surface area (Å²) in [7, 11) is 0. The molecule has 0 unspecified atom stereocenters. The van der Waals surface area contributed by atoms with Crippen molar-refractivity contribution in [3.63, 3.8) is 0 Å². The summed E-state index contributed by atoms with van der Waals surface area (Å²) in [6, 6.07) is 0. The van der Waals surface area contributed by atoms with Gasteiger partial charge in [-0.15, -0.1) is 0 Å². The molecule has 0 saturated heterocycles. The molecule has 1 rings (SSSR count). The molecule has 0 bridgehead atoms. The summed E-state index contributed by atoms with van der Waals surface area (Å²) in [5.74, 6) is 1.21. The third kappa shape index (κ3) is 2.45. The molecule has 1 aromatic rings. The molecule has 0 aliphatic rings. The van der Waals surface area contributed by atoms with E-state index in [1.54, 1.807) is 10.9 Å². The summed E-state index contributed by atoms with van der Waals surface area (Å²) in [6.45, 7) is 5.19. The van der Waals surface area contributed by atoms with Crippen LogP contribution in [0.25, 0.3) is 0 Å². The van der Waals surface area contributed by atoms with Gasteiger partial charge in [0.1, 0.15) is 5.82 Å². The van der Waals surface area contributed by atoms with Crippen molar-refractivity contribution in [3.8, 4) is 0 Å². The molecule has 0 aliphatic heterocycles. The highest BCUT2D eigenvalue weighted by atomic mass is 16.2. The van der Waals surface area contributed by atoms with Crippen molar-refractivity contribution in [3.05, 3.63) is 11.8 Å². The van der Waals surface area contributed by atoms with Gasteiger partial charge in [-0.3, -0.25) is 0 Å². The molecule has 0 spiro atoms. The van der Waals surface area contributed by atoms with Crippen molar-refractivity contribution in [2.24, 2.45) is 5.92 Å². The van der Waals surface area contributed by atoms with Crippen LogP contribution in [0.1, 0.15) is 19.4 Å². The van der Waals surface area contributed by atoms with Crippen LogP contribution < -0.4 is 5.73 Å². The van der Waals surface area contributed by atoms with E-state index < -0.39 is 0 Å². The van der Waals surface area contributed by atoms with Crippen molar-refractivity contribution in [1.82, 2.24) is 9.78 Å². The topological polar surface area (TPSA) is 64.1 Å². The summed E-state index contributed by atoms with van der Waals surface area (Å²) in [5.41, 5.74) is 6.76. The van der Waals surface area contributed by atoms with Gasteiger partial charge in [0.25, 0.3) is 0 Å². The fraction of sp³-hybridized carbons (Fsp3) is 0.667. The van der Waals surface area contributed by atoms with Crippen molar-refractivity contribution < 1.29 is 5.11 Å². The fourth-order valence-electron chi connectivity index (χ4n) is 1.24. The molecule has 0 radical (unpaired) electrons. The Balaban J connectivity index is 2.74. The van der Waals surface area contributed by atoms with E-state index in [2.05, 4.69) is 18.9 Å². The number of aromatic nitrogens is 2. The Hall–Kier alpha value is -1.03. The first kappa shape index (κ1) is 10.1. The Kier molecular flexibility index (Phi) is 3.31. The maximum atomic E-state index is 8.74. The van der Waals surface area contributed by atoms with Crippen LogP contribution in [-0.4, -0.2) is 21.5 Å². The number of hydrogen-bond acceptors (Lipinski definition) is 3. The monoisotopic (exact) mass is 183 g/mol. The predicted octanol–water partition coefficient (Wildman–Crippen LogP) is 0.656. The normalized spacial score (nSPS) is 11.1. The highest BCUT2D eigenvalue weighted by Gasteiger charge is 2.07. The fourth-order valence-corrected chi connectivity index (χ4v) is 1.24. The SMILES string of the molecule is CC(C)Cn1ncc(CCO)c1N. The second kappa shape index (κ2) is 4.28. The Bertz CT molecular complexity index is 268. The number of nitrogens with two attached hydrogens (primary N) is 1. The van der Waals surface area contributed by atoms with Gasteiger partial charge in [-0.2, -0.15) is 5.10 Å². The van der Waals surface area contributed by atoms with Gasteiger partial charge in [0.2, 0.25) is 0 Å². The third-order valence-corrected chi connectivity index (χ3v) is 1.88. The molecular formula is C9H17N3O. The van der Waals surface area contributed by atoms with Crippen LogP contribution in [0.4, 0.5) is 5.82 Å². The minimum Gasteiger partial charge on any atom is -0.396 e. The third-order valence-electron chi connectivity index (χ3n) is 1.88. The molecule has 4 nitrogen and oxygen atoms in total. The van der Waals surface area contributed by atoms with Crippen molar-refractivity contribution in [2.75, 3.05) is 12.3 Å². The number of anilines is 1. The number of aliphatic hydroxyl groups is 1. The highest BCUT2D eigenvalue weighted by Crippen LogP contribution is 2.12. The average molecular weight is 183 g/mol. The minimum atomic E-state index is 0.123. The molecular weight excluding hydrogens is 166 g/mol. The Morgan fingerprint density at radius 3 is 2.85 bits per heavy atom. The maximum absolute atomic E-state index is 8.74. The molecule has 4 heteroatoms. The van der Waals surface area contributed by atoms with Crippen molar-refractivity contribution >= 4 is 5.82 Å². The van der Waals surface area contributed by atoms with Gasteiger partial charge in [-0.1, -0.05) is 13.8 Å². The number of nitrogen functional groups attached to an aromatic ring is 1. The lowest BCUT2D eigenvalue weighted by Gasteiger charge is -2.07.